The first-order valence-electron chi connectivity index (χ1n) is 6.14. The number of hydrogen-bond acceptors (Lipinski definition) is 4. The molecule has 94 valence electrons. The standard InChI is InChI=1S/C13H21N3O/c1-10-3-4-11(14)12(16-10)15-9-13(2)5-7-17-8-6-13/h3-4H,5-9,14H2,1-2H3,(H,15,16). The van der Waals surface area contributed by atoms with Crippen LogP contribution in [0, 0.1) is 12.3 Å². The SMILES string of the molecule is Cc1ccc(N)c(NCC2(C)CCOCC2)n1. The van der Waals surface area contributed by atoms with E-state index in [0.717, 1.165) is 44.1 Å². The summed E-state index contributed by atoms with van der Waals surface area (Å²) in [6.07, 6.45) is 2.18. The lowest BCUT2D eigenvalue weighted by atomic mass is 9.82. The molecule has 3 N–H and O–H groups in total. The Morgan fingerprint density at radius 1 is 1.41 bits per heavy atom. The molecule has 4 nitrogen and oxygen atoms in total. The maximum absolute atomic E-state index is 5.90. The van der Waals surface area contributed by atoms with E-state index in [1.54, 1.807) is 0 Å². The molecule has 0 atom stereocenters. The number of pyridine rings is 1. The minimum atomic E-state index is 0.288. The summed E-state index contributed by atoms with van der Waals surface area (Å²) in [5, 5.41) is 3.37. The molecule has 1 fully saturated rings. The lowest BCUT2D eigenvalue weighted by molar-refractivity contribution is 0.0300. The first kappa shape index (κ1) is 12.2. The predicted octanol–water partition coefficient (Wildman–Crippen LogP) is 2.20. The van der Waals surface area contributed by atoms with Crippen LogP contribution in [-0.2, 0) is 4.74 Å². The monoisotopic (exact) mass is 235 g/mol. The molecule has 0 aliphatic carbocycles. The van der Waals surface area contributed by atoms with Gasteiger partial charge in [-0.15, -0.1) is 0 Å². The maximum Gasteiger partial charge on any atom is 0.149 e. The summed E-state index contributed by atoms with van der Waals surface area (Å²) in [6, 6.07) is 3.83. The molecule has 1 saturated heterocycles. The quantitative estimate of drug-likeness (QED) is 0.843. The van der Waals surface area contributed by atoms with Crippen LogP contribution in [0.3, 0.4) is 0 Å². The zero-order valence-corrected chi connectivity index (χ0v) is 10.6. The van der Waals surface area contributed by atoms with Crippen molar-refractivity contribution in [2.24, 2.45) is 5.41 Å². The summed E-state index contributed by atoms with van der Waals surface area (Å²) in [4.78, 5) is 4.42. The molecule has 2 heterocycles. The maximum atomic E-state index is 5.90. The van der Waals surface area contributed by atoms with Gasteiger partial charge in [0, 0.05) is 25.5 Å². The van der Waals surface area contributed by atoms with Gasteiger partial charge in [-0.3, -0.25) is 0 Å². The number of nitrogen functional groups attached to an aromatic ring is 1. The van der Waals surface area contributed by atoms with Crippen LogP contribution < -0.4 is 11.1 Å². The number of ether oxygens (including phenoxy) is 1. The van der Waals surface area contributed by atoms with E-state index in [1.165, 1.54) is 0 Å². The normalized spacial score (nSPS) is 18.9. The minimum Gasteiger partial charge on any atom is -0.396 e. The number of rotatable bonds is 3. The molecular formula is C13H21N3O. The predicted molar refractivity (Wildman–Crippen MR) is 70.0 cm³/mol. The lowest BCUT2D eigenvalue weighted by Gasteiger charge is -2.33. The van der Waals surface area contributed by atoms with Gasteiger partial charge in [-0.25, -0.2) is 4.98 Å². The van der Waals surface area contributed by atoms with Crippen LogP contribution in [0.2, 0.25) is 0 Å². The fraction of sp³-hybridized carbons (Fsp3) is 0.615. The Bertz CT molecular complexity index is 386. The topological polar surface area (TPSA) is 60.2 Å². The minimum absolute atomic E-state index is 0.288. The zero-order chi connectivity index (χ0) is 12.3. The van der Waals surface area contributed by atoms with Gasteiger partial charge in [0.1, 0.15) is 5.82 Å². The third-order valence-electron chi connectivity index (χ3n) is 3.45. The Balaban J connectivity index is 1.99. The Morgan fingerprint density at radius 2 is 2.12 bits per heavy atom. The summed E-state index contributed by atoms with van der Waals surface area (Å²) < 4.78 is 5.39. The molecule has 0 aromatic carbocycles. The fourth-order valence-corrected chi connectivity index (χ4v) is 2.05. The van der Waals surface area contributed by atoms with Crippen molar-refractivity contribution in [3.05, 3.63) is 17.8 Å². The smallest absolute Gasteiger partial charge is 0.149 e. The van der Waals surface area contributed by atoms with Crippen molar-refractivity contribution >= 4 is 11.5 Å². The van der Waals surface area contributed by atoms with Gasteiger partial charge in [0.05, 0.1) is 5.69 Å². The van der Waals surface area contributed by atoms with Crippen molar-refractivity contribution in [2.75, 3.05) is 30.8 Å². The molecule has 0 amide bonds. The van der Waals surface area contributed by atoms with Crippen molar-refractivity contribution in [2.45, 2.75) is 26.7 Å². The summed E-state index contributed by atoms with van der Waals surface area (Å²) in [5.41, 5.74) is 7.89. The first-order valence-corrected chi connectivity index (χ1v) is 6.14. The molecule has 0 saturated carbocycles. The van der Waals surface area contributed by atoms with Crippen LogP contribution in [0.25, 0.3) is 0 Å². The van der Waals surface area contributed by atoms with Gasteiger partial charge in [-0.2, -0.15) is 0 Å². The lowest BCUT2D eigenvalue weighted by Crippen LogP contribution is -2.33. The van der Waals surface area contributed by atoms with Gasteiger partial charge in [0.15, 0.2) is 0 Å². The van der Waals surface area contributed by atoms with E-state index >= 15 is 0 Å². The van der Waals surface area contributed by atoms with E-state index in [9.17, 15) is 0 Å². The third-order valence-corrected chi connectivity index (χ3v) is 3.45. The molecule has 0 unspecified atom stereocenters. The van der Waals surface area contributed by atoms with Crippen LogP contribution in [0.1, 0.15) is 25.5 Å². The molecule has 4 heteroatoms. The number of aryl methyl sites for hydroxylation is 1. The van der Waals surface area contributed by atoms with Crippen LogP contribution in [0.15, 0.2) is 12.1 Å². The summed E-state index contributed by atoms with van der Waals surface area (Å²) in [5.74, 6) is 0.803. The van der Waals surface area contributed by atoms with Gasteiger partial charge in [0.2, 0.25) is 0 Å². The van der Waals surface area contributed by atoms with Gasteiger partial charge < -0.3 is 15.8 Å². The second kappa shape index (κ2) is 4.92. The molecule has 17 heavy (non-hydrogen) atoms. The third kappa shape index (κ3) is 3.09. The van der Waals surface area contributed by atoms with Crippen LogP contribution in [0.4, 0.5) is 11.5 Å². The molecule has 1 aromatic rings. The van der Waals surface area contributed by atoms with Gasteiger partial charge >= 0.3 is 0 Å². The van der Waals surface area contributed by atoms with E-state index in [2.05, 4.69) is 17.2 Å². The molecule has 0 spiro atoms. The molecule has 0 radical (unpaired) electrons. The molecule has 1 aliphatic heterocycles. The number of aromatic nitrogens is 1. The molecule has 1 aliphatic rings. The summed E-state index contributed by atoms with van der Waals surface area (Å²) in [6.45, 7) is 6.87. The number of anilines is 2. The number of nitrogens with zero attached hydrogens (tertiary/aromatic N) is 1. The van der Waals surface area contributed by atoms with Crippen molar-refractivity contribution in [3.8, 4) is 0 Å². The van der Waals surface area contributed by atoms with Gasteiger partial charge in [-0.1, -0.05) is 6.92 Å². The fourth-order valence-electron chi connectivity index (χ4n) is 2.05. The van der Waals surface area contributed by atoms with E-state index < -0.39 is 0 Å². The molecule has 2 rings (SSSR count). The average molecular weight is 235 g/mol. The number of nitrogens with one attached hydrogen (secondary N) is 1. The Labute approximate surface area is 103 Å². The first-order chi connectivity index (χ1) is 8.09. The highest BCUT2D eigenvalue weighted by molar-refractivity contribution is 5.61. The Morgan fingerprint density at radius 3 is 2.82 bits per heavy atom. The van der Waals surface area contributed by atoms with Crippen molar-refractivity contribution in [1.29, 1.82) is 0 Å². The van der Waals surface area contributed by atoms with E-state index in [4.69, 9.17) is 10.5 Å². The van der Waals surface area contributed by atoms with Crippen molar-refractivity contribution < 1.29 is 4.74 Å². The summed E-state index contributed by atoms with van der Waals surface area (Å²) >= 11 is 0. The van der Waals surface area contributed by atoms with Crippen LogP contribution in [0.5, 0.6) is 0 Å². The van der Waals surface area contributed by atoms with Crippen molar-refractivity contribution in [3.63, 3.8) is 0 Å². The highest BCUT2D eigenvalue weighted by atomic mass is 16.5. The highest BCUT2D eigenvalue weighted by Gasteiger charge is 2.27. The second-order valence-corrected chi connectivity index (χ2v) is 5.17. The molecule has 0 bridgehead atoms. The van der Waals surface area contributed by atoms with Gasteiger partial charge in [-0.05, 0) is 37.3 Å². The molecular weight excluding hydrogens is 214 g/mol. The Hall–Kier alpha value is -1.29. The zero-order valence-electron chi connectivity index (χ0n) is 10.6. The largest absolute Gasteiger partial charge is 0.396 e. The van der Waals surface area contributed by atoms with Crippen LogP contribution in [-0.4, -0.2) is 24.7 Å². The van der Waals surface area contributed by atoms with Crippen molar-refractivity contribution in [1.82, 2.24) is 4.98 Å². The Kier molecular flexibility index (Phi) is 3.52. The van der Waals surface area contributed by atoms with Crippen LogP contribution >= 0.6 is 0 Å². The van der Waals surface area contributed by atoms with E-state index in [0.29, 0.717) is 5.69 Å². The summed E-state index contributed by atoms with van der Waals surface area (Å²) in [7, 11) is 0. The molecule has 1 aromatic heterocycles. The number of hydrogen-bond donors (Lipinski definition) is 2. The number of nitrogens with two attached hydrogens (primary N) is 1. The van der Waals surface area contributed by atoms with E-state index in [1.807, 2.05) is 19.1 Å². The highest BCUT2D eigenvalue weighted by Crippen LogP contribution is 2.30. The van der Waals surface area contributed by atoms with Gasteiger partial charge in [0.25, 0.3) is 0 Å². The average Bonchev–Trinajstić information content (AvgIpc) is 2.31. The van der Waals surface area contributed by atoms with E-state index in [-0.39, 0.29) is 5.41 Å². The second-order valence-electron chi connectivity index (χ2n) is 5.17.